The third-order valence-corrected chi connectivity index (χ3v) is 7.06. The number of amides is 2. The van der Waals surface area contributed by atoms with Crippen molar-refractivity contribution < 1.29 is 28.5 Å². The second-order valence-corrected chi connectivity index (χ2v) is 9.25. The first-order chi connectivity index (χ1) is 18.0. The number of hydrogen-bond donors (Lipinski definition) is 1. The van der Waals surface area contributed by atoms with E-state index in [9.17, 15) is 9.59 Å². The van der Waals surface area contributed by atoms with Gasteiger partial charge in [0, 0.05) is 42.7 Å². The maximum absolute atomic E-state index is 13.6. The Bertz CT molecular complexity index is 1320. The Morgan fingerprint density at radius 3 is 2.57 bits per heavy atom. The number of benzene rings is 3. The summed E-state index contributed by atoms with van der Waals surface area (Å²) in [6.07, 6.45) is 0. The van der Waals surface area contributed by atoms with Crippen LogP contribution in [0, 0.1) is 12.8 Å². The van der Waals surface area contributed by atoms with Gasteiger partial charge < -0.3 is 29.2 Å². The number of likely N-dealkylation sites (tertiary alicyclic amines) is 1. The molecule has 8 heteroatoms. The number of carbonyl (C=O) groups is 2. The third-order valence-electron chi connectivity index (χ3n) is 7.06. The molecule has 8 nitrogen and oxygen atoms in total. The van der Waals surface area contributed by atoms with Gasteiger partial charge in [-0.15, -0.1) is 0 Å². The Morgan fingerprint density at radius 1 is 0.973 bits per heavy atom. The van der Waals surface area contributed by atoms with Crippen LogP contribution in [0.4, 0.5) is 0 Å². The molecule has 0 saturated carbocycles. The average molecular weight is 503 g/mol. The highest BCUT2D eigenvalue weighted by atomic mass is 16.7. The summed E-state index contributed by atoms with van der Waals surface area (Å²) < 4.78 is 21.8. The molecule has 0 aliphatic carbocycles. The number of carbonyl (C=O) groups excluding carboxylic acids is 2. The van der Waals surface area contributed by atoms with Crippen LogP contribution in [0.15, 0.2) is 60.7 Å². The van der Waals surface area contributed by atoms with Gasteiger partial charge in [-0.1, -0.05) is 30.3 Å². The van der Waals surface area contributed by atoms with Crippen LogP contribution in [0.1, 0.15) is 33.0 Å². The van der Waals surface area contributed by atoms with Crippen LogP contribution < -0.4 is 24.3 Å². The Labute approximate surface area is 216 Å². The zero-order chi connectivity index (χ0) is 25.9. The monoisotopic (exact) mass is 502 g/mol. The highest BCUT2D eigenvalue weighted by molar-refractivity contribution is 5.96. The summed E-state index contributed by atoms with van der Waals surface area (Å²) in [4.78, 5) is 28.8. The van der Waals surface area contributed by atoms with Crippen molar-refractivity contribution in [3.05, 3.63) is 82.9 Å². The summed E-state index contributed by atoms with van der Waals surface area (Å²) in [7, 11) is 3.19. The molecule has 3 aromatic rings. The molecule has 2 amide bonds. The molecule has 0 unspecified atom stereocenters. The molecule has 37 heavy (non-hydrogen) atoms. The van der Waals surface area contributed by atoms with Gasteiger partial charge in [0.1, 0.15) is 11.5 Å². The van der Waals surface area contributed by atoms with Gasteiger partial charge in [0.2, 0.25) is 12.7 Å². The lowest BCUT2D eigenvalue weighted by Gasteiger charge is -2.21. The predicted molar refractivity (Wildman–Crippen MR) is 137 cm³/mol. The molecule has 192 valence electrons. The average Bonchev–Trinajstić information content (AvgIpc) is 3.58. The quantitative estimate of drug-likeness (QED) is 0.527. The lowest BCUT2D eigenvalue weighted by molar-refractivity contribution is -0.125. The Kier molecular flexibility index (Phi) is 6.90. The van der Waals surface area contributed by atoms with Gasteiger partial charge >= 0.3 is 0 Å². The van der Waals surface area contributed by atoms with E-state index in [0.29, 0.717) is 48.2 Å². The Hall–Kier alpha value is -4.20. The number of fused-ring (bicyclic) bond motifs is 1. The fourth-order valence-electron chi connectivity index (χ4n) is 5.03. The fraction of sp³-hybridized carbons (Fsp3) is 0.310. The van der Waals surface area contributed by atoms with E-state index in [1.54, 1.807) is 19.1 Å². The predicted octanol–water partition coefficient (Wildman–Crippen LogP) is 3.91. The second-order valence-electron chi connectivity index (χ2n) is 9.25. The number of nitrogens with one attached hydrogen (secondary N) is 1. The molecule has 0 bridgehead atoms. The van der Waals surface area contributed by atoms with Crippen molar-refractivity contribution in [3.63, 3.8) is 0 Å². The summed E-state index contributed by atoms with van der Waals surface area (Å²) in [5.41, 5.74) is 3.32. The summed E-state index contributed by atoms with van der Waals surface area (Å²) in [5.74, 6) is 1.75. The molecule has 0 aromatic heterocycles. The molecule has 0 radical (unpaired) electrons. The number of hydrogen-bond acceptors (Lipinski definition) is 6. The van der Waals surface area contributed by atoms with Crippen LogP contribution in [-0.4, -0.2) is 50.8 Å². The highest BCUT2D eigenvalue weighted by Gasteiger charge is 2.42. The van der Waals surface area contributed by atoms with E-state index in [4.69, 9.17) is 18.9 Å². The van der Waals surface area contributed by atoms with E-state index in [1.807, 2.05) is 67.6 Å². The molecule has 2 heterocycles. The molecular weight excluding hydrogens is 472 g/mol. The van der Waals surface area contributed by atoms with Crippen LogP contribution in [0.5, 0.6) is 23.0 Å². The molecule has 2 aliphatic heterocycles. The van der Waals surface area contributed by atoms with Gasteiger partial charge in [-0.05, 0) is 42.3 Å². The first-order valence-electron chi connectivity index (χ1n) is 12.2. The van der Waals surface area contributed by atoms with E-state index in [2.05, 4.69) is 5.32 Å². The standard InChI is InChI=1S/C29H30N2O6/c1-18-6-4-5-7-21(18)29(33)31-15-23(22-10-9-20(34-2)13-26(22)35-3)24(16-31)28(32)30-14-19-8-11-25-27(12-19)37-17-36-25/h4-13,23-24H,14-17H2,1-3H3,(H,30,32)/t23-,24+/m0/s1. The maximum atomic E-state index is 13.6. The smallest absolute Gasteiger partial charge is 0.254 e. The number of methoxy groups -OCH3 is 2. The maximum Gasteiger partial charge on any atom is 0.254 e. The minimum atomic E-state index is -0.454. The van der Waals surface area contributed by atoms with Crippen LogP contribution in [0.2, 0.25) is 0 Å². The number of rotatable bonds is 7. The number of nitrogens with zero attached hydrogens (tertiary/aromatic N) is 1. The van der Waals surface area contributed by atoms with Crippen molar-refractivity contribution in [2.24, 2.45) is 5.92 Å². The Balaban J connectivity index is 1.40. The van der Waals surface area contributed by atoms with Crippen LogP contribution >= 0.6 is 0 Å². The number of aryl methyl sites for hydroxylation is 1. The van der Waals surface area contributed by atoms with Crippen molar-refractivity contribution in [2.75, 3.05) is 34.1 Å². The molecule has 0 spiro atoms. The summed E-state index contributed by atoms with van der Waals surface area (Å²) in [6.45, 7) is 3.16. The van der Waals surface area contributed by atoms with Gasteiger partial charge in [0.05, 0.1) is 20.1 Å². The van der Waals surface area contributed by atoms with Gasteiger partial charge in [-0.2, -0.15) is 0 Å². The molecular formula is C29H30N2O6. The van der Waals surface area contributed by atoms with Gasteiger partial charge in [-0.3, -0.25) is 9.59 Å². The molecule has 1 N–H and O–H groups in total. The van der Waals surface area contributed by atoms with E-state index in [-0.39, 0.29) is 24.5 Å². The molecule has 5 rings (SSSR count). The Morgan fingerprint density at radius 2 is 1.78 bits per heavy atom. The minimum Gasteiger partial charge on any atom is -0.497 e. The van der Waals surface area contributed by atoms with Crippen molar-refractivity contribution in [3.8, 4) is 23.0 Å². The summed E-state index contributed by atoms with van der Waals surface area (Å²) in [5, 5.41) is 3.06. The van der Waals surface area contributed by atoms with Crippen LogP contribution in [0.25, 0.3) is 0 Å². The zero-order valence-electron chi connectivity index (χ0n) is 21.2. The fourth-order valence-corrected chi connectivity index (χ4v) is 5.03. The topological polar surface area (TPSA) is 86.3 Å². The molecule has 3 aromatic carbocycles. The van der Waals surface area contributed by atoms with Gasteiger partial charge in [0.15, 0.2) is 11.5 Å². The summed E-state index contributed by atoms with van der Waals surface area (Å²) >= 11 is 0. The second kappa shape index (κ2) is 10.4. The summed E-state index contributed by atoms with van der Waals surface area (Å²) in [6, 6.07) is 18.7. The van der Waals surface area contributed by atoms with E-state index >= 15 is 0 Å². The molecule has 1 saturated heterocycles. The molecule has 2 atom stereocenters. The van der Waals surface area contributed by atoms with E-state index in [1.165, 1.54) is 0 Å². The first-order valence-corrected chi connectivity index (χ1v) is 12.2. The third kappa shape index (κ3) is 4.91. The molecule has 1 fully saturated rings. The van der Waals surface area contributed by atoms with Crippen molar-refractivity contribution in [1.82, 2.24) is 10.2 Å². The number of ether oxygens (including phenoxy) is 4. The first kappa shape index (κ1) is 24.5. The van der Waals surface area contributed by atoms with Crippen LogP contribution in [-0.2, 0) is 11.3 Å². The SMILES string of the molecule is COc1ccc([C@@H]2CN(C(=O)c3ccccc3C)C[C@H]2C(=O)NCc2ccc3c(c2)OCO3)c(OC)c1. The van der Waals surface area contributed by atoms with E-state index < -0.39 is 5.92 Å². The minimum absolute atomic E-state index is 0.0818. The van der Waals surface area contributed by atoms with Crippen molar-refractivity contribution in [1.29, 1.82) is 0 Å². The van der Waals surface area contributed by atoms with Crippen molar-refractivity contribution >= 4 is 11.8 Å². The van der Waals surface area contributed by atoms with Gasteiger partial charge in [-0.25, -0.2) is 0 Å². The zero-order valence-corrected chi connectivity index (χ0v) is 21.2. The van der Waals surface area contributed by atoms with Crippen molar-refractivity contribution in [2.45, 2.75) is 19.4 Å². The van der Waals surface area contributed by atoms with Gasteiger partial charge in [0.25, 0.3) is 5.91 Å². The highest BCUT2D eigenvalue weighted by Crippen LogP contribution is 2.40. The lowest BCUT2D eigenvalue weighted by atomic mass is 9.87. The van der Waals surface area contributed by atoms with Crippen LogP contribution in [0.3, 0.4) is 0 Å². The van der Waals surface area contributed by atoms with E-state index in [0.717, 1.165) is 16.7 Å². The largest absolute Gasteiger partial charge is 0.497 e. The molecule has 2 aliphatic rings. The lowest BCUT2D eigenvalue weighted by Crippen LogP contribution is -2.35. The normalized spacial score (nSPS) is 18.0.